The maximum atomic E-state index is 11.2. The van der Waals surface area contributed by atoms with E-state index < -0.39 is 5.91 Å². The Hall–Kier alpha value is -1.34. The third kappa shape index (κ3) is 2.50. The van der Waals surface area contributed by atoms with Gasteiger partial charge < -0.3 is 21.5 Å². The highest BCUT2D eigenvalue weighted by molar-refractivity contribution is 7.11. The maximum absolute atomic E-state index is 11.2. The molecule has 1 aliphatic rings. The van der Waals surface area contributed by atoms with E-state index in [4.69, 9.17) is 16.2 Å². The molecule has 1 fully saturated rings. The summed E-state index contributed by atoms with van der Waals surface area (Å²) in [7, 11) is 0. The minimum atomic E-state index is -0.559. The molecule has 7 heteroatoms. The van der Waals surface area contributed by atoms with Crippen LogP contribution in [-0.2, 0) is 4.74 Å². The second-order valence-electron chi connectivity index (χ2n) is 4.39. The van der Waals surface area contributed by atoms with Gasteiger partial charge >= 0.3 is 0 Å². The quantitative estimate of drug-likeness (QED) is 0.739. The van der Waals surface area contributed by atoms with Gasteiger partial charge in [-0.2, -0.15) is 4.37 Å². The minimum Gasteiger partial charge on any atom is -0.382 e. The first-order valence-corrected chi connectivity index (χ1v) is 6.22. The number of primary amides is 1. The van der Waals surface area contributed by atoms with E-state index in [0.717, 1.165) is 31.0 Å². The molecule has 0 saturated carbocycles. The van der Waals surface area contributed by atoms with Gasteiger partial charge in [-0.15, -0.1) is 0 Å². The van der Waals surface area contributed by atoms with Gasteiger partial charge in [0, 0.05) is 13.2 Å². The lowest BCUT2D eigenvalue weighted by atomic mass is 10.0. The number of nitrogens with two attached hydrogens (primary N) is 2. The number of amides is 1. The fourth-order valence-corrected chi connectivity index (χ4v) is 2.62. The van der Waals surface area contributed by atoms with Crippen molar-refractivity contribution in [3.63, 3.8) is 0 Å². The largest absolute Gasteiger partial charge is 0.382 e. The first-order chi connectivity index (χ1) is 8.02. The van der Waals surface area contributed by atoms with Crippen molar-refractivity contribution in [3.8, 4) is 0 Å². The molecule has 1 aromatic rings. The van der Waals surface area contributed by atoms with Gasteiger partial charge in [-0.3, -0.25) is 4.79 Å². The van der Waals surface area contributed by atoms with Crippen LogP contribution < -0.4 is 16.8 Å². The first kappa shape index (κ1) is 12.1. The summed E-state index contributed by atoms with van der Waals surface area (Å²) in [6, 6.07) is 0. The Morgan fingerprint density at radius 1 is 1.71 bits per heavy atom. The number of rotatable bonds is 4. The third-order valence-electron chi connectivity index (χ3n) is 2.89. The highest BCUT2D eigenvalue weighted by Crippen LogP contribution is 2.29. The highest BCUT2D eigenvalue weighted by Gasteiger charge is 2.30. The van der Waals surface area contributed by atoms with Crippen LogP contribution in [0.5, 0.6) is 0 Å². The third-order valence-corrected chi connectivity index (χ3v) is 3.71. The number of nitrogens with zero attached hydrogens (tertiary/aromatic N) is 1. The van der Waals surface area contributed by atoms with Gasteiger partial charge in [0.05, 0.1) is 5.60 Å². The fraction of sp³-hybridized carbons (Fsp3) is 0.600. The SMILES string of the molecule is CC1(CNc2snc(N)c2C(N)=O)CCCO1. The summed E-state index contributed by atoms with van der Waals surface area (Å²) in [5.74, 6) is -0.376. The minimum absolute atomic E-state index is 0.183. The molecule has 0 aliphatic carbocycles. The zero-order chi connectivity index (χ0) is 12.5. The average Bonchev–Trinajstić information content (AvgIpc) is 2.83. The normalized spacial score (nSPS) is 23.8. The van der Waals surface area contributed by atoms with Crippen molar-refractivity contribution in [2.45, 2.75) is 25.4 Å². The molecule has 1 saturated heterocycles. The van der Waals surface area contributed by atoms with E-state index in [9.17, 15) is 4.79 Å². The number of nitrogen functional groups attached to an aromatic ring is 1. The van der Waals surface area contributed by atoms with Crippen molar-refractivity contribution >= 4 is 28.3 Å². The summed E-state index contributed by atoms with van der Waals surface area (Å²) in [6.45, 7) is 3.45. The molecule has 0 aromatic carbocycles. The van der Waals surface area contributed by atoms with Crippen LogP contribution in [0.1, 0.15) is 30.1 Å². The molecule has 1 atom stereocenters. The number of carbonyl (C=O) groups excluding carboxylic acids is 1. The second-order valence-corrected chi connectivity index (χ2v) is 5.17. The monoisotopic (exact) mass is 256 g/mol. The molecule has 2 heterocycles. The maximum Gasteiger partial charge on any atom is 0.255 e. The van der Waals surface area contributed by atoms with Crippen molar-refractivity contribution in [2.24, 2.45) is 5.73 Å². The van der Waals surface area contributed by atoms with Gasteiger partial charge in [0.2, 0.25) is 0 Å². The lowest BCUT2D eigenvalue weighted by Gasteiger charge is -2.23. The van der Waals surface area contributed by atoms with E-state index in [-0.39, 0.29) is 17.0 Å². The molecule has 17 heavy (non-hydrogen) atoms. The van der Waals surface area contributed by atoms with Crippen molar-refractivity contribution in [3.05, 3.63) is 5.56 Å². The van der Waals surface area contributed by atoms with Crippen LogP contribution in [0.15, 0.2) is 0 Å². The molecule has 1 aliphatic heterocycles. The number of hydrogen-bond acceptors (Lipinski definition) is 6. The van der Waals surface area contributed by atoms with Crippen LogP contribution in [0.2, 0.25) is 0 Å². The number of carbonyl (C=O) groups is 1. The van der Waals surface area contributed by atoms with Crippen LogP contribution in [0.25, 0.3) is 0 Å². The van der Waals surface area contributed by atoms with Gasteiger partial charge in [0.25, 0.3) is 5.91 Å². The summed E-state index contributed by atoms with van der Waals surface area (Å²) < 4.78 is 9.56. The van der Waals surface area contributed by atoms with Crippen LogP contribution in [0, 0.1) is 0 Å². The van der Waals surface area contributed by atoms with Gasteiger partial charge in [-0.1, -0.05) is 0 Å². The molecule has 94 valence electrons. The predicted molar refractivity (Wildman–Crippen MR) is 67.1 cm³/mol. The summed E-state index contributed by atoms with van der Waals surface area (Å²) in [5.41, 5.74) is 10.9. The number of anilines is 2. The Labute approximate surface area is 103 Å². The second kappa shape index (κ2) is 4.50. The Morgan fingerprint density at radius 2 is 2.47 bits per heavy atom. The van der Waals surface area contributed by atoms with Crippen molar-refractivity contribution < 1.29 is 9.53 Å². The lowest BCUT2D eigenvalue weighted by Crippen LogP contribution is -2.32. The van der Waals surface area contributed by atoms with E-state index >= 15 is 0 Å². The summed E-state index contributed by atoms with van der Waals surface area (Å²) in [4.78, 5) is 11.2. The molecule has 0 bridgehead atoms. The molecule has 6 nitrogen and oxygen atoms in total. The smallest absolute Gasteiger partial charge is 0.255 e. The van der Waals surface area contributed by atoms with Crippen LogP contribution >= 0.6 is 11.5 Å². The van der Waals surface area contributed by atoms with E-state index in [0.29, 0.717) is 11.5 Å². The number of aromatic nitrogens is 1. The zero-order valence-corrected chi connectivity index (χ0v) is 10.5. The number of hydrogen-bond donors (Lipinski definition) is 3. The molecule has 1 amide bonds. The highest BCUT2D eigenvalue weighted by atomic mass is 32.1. The molecule has 2 rings (SSSR count). The Kier molecular flexibility index (Phi) is 3.21. The Bertz CT molecular complexity index is 426. The topological polar surface area (TPSA) is 103 Å². The van der Waals surface area contributed by atoms with Crippen molar-refractivity contribution in [1.29, 1.82) is 0 Å². The predicted octanol–water partition coefficient (Wildman–Crippen LogP) is 0.805. The van der Waals surface area contributed by atoms with Gasteiger partial charge in [-0.25, -0.2) is 0 Å². The molecule has 1 aromatic heterocycles. The average molecular weight is 256 g/mol. The Balaban J connectivity index is 2.06. The van der Waals surface area contributed by atoms with Crippen molar-refractivity contribution in [2.75, 3.05) is 24.2 Å². The molecule has 0 spiro atoms. The van der Waals surface area contributed by atoms with E-state index in [1.165, 1.54) is 0 Å². The summed E-state index contributed by atoms with van der Waals surface area (Å²) in [5, 5.41) is 3.77. The van der Waals surface area contributed by atoms with Crippen LogP contribution in [-0.4, -0.2) is 29.0 Å². The molecule has 1 unspecified atom stereocenters. The first-order valence-electron chi connectivity index (χ1n) is 5.45. The molecular formula is C10H16N4O2S. The van der Waals surface area contributed by atoms with Crippen molar-refractivity contribution in [1.82, 2.24) is 4.37 Å². The number of nitrogens with one attached hydrogen (secondary N) is 1. The van der Waals surface area contributed by atoms with E-state index in [2.05, 4.69) is 9.69 Å². The van der Waals surface area contributed by atoms with Gasteiger partial charge in [0.15, 0.2) is 5.82 Å². The van der Waals surface area contributed by atoms with E-state index in [1.807, 2.05) is 6.92 Å². The number of ether oxygens (including phenoxy) is 1. The Morgan fingerprint density at radius 3 is 3.06 bits per heavy atom. The molecule has 0 radical (unpaired) electrons. The lowest BCUT2D eigenvalue weighted by molar-refractivity contribution is 0.0315. The zero-order valence-electron chi connectivity index (χ0n) is 9.66. The standard InChI is InChI=1S/C10H16N4O2S/c1-10(3-2-4-16-10)5-13-9-6(8(12)15)7(11)14-17-9/h13H,2-5H2,1H3,(H2,11,14)(H2,12,15). The molecular weight excluding hydrogens is 240 g/mol. The van der Waals surface area contributed by atoms with Crippen LogP contribution in [0.4, 0.5) is 10.8 Å². The van der Waals surface area contributed by atoms with Crippen LogP contribution in [0.3, 0.4) is 0 Å². The fourth-order valence-electron chi connectivity index (χ4n) is 1.90. The summed E-state index contributed by atoms with van der Waals surface area (Å²) in [6.07, 6.45) is 2.06. The summed E-state index contributed by atoms with van der Waals surface area (Å²) >= 11 is 1.14. The van der Waals surface area contributed by atoms with E-state index in [1.54, 1.807) is 0 Å². The molecule has 5 N–H and O–H groups in total. The van der Waals surface area contributed by atoms with Gasteiger partial charge in [-0.05, 0) is 31.3 Å². The van der Waals surface area contributed by atoms with Gasteiger partial charge in [0.1, 0.15) is 10.6 Å².